The predicted octanol–water partition coefficient (Wildman–Crippen LogP) is 3.47. The summed E-state index contributed by atoms with van der Waals surface area (Å²) in [7, 11) is 0. The monoisotopic (exact) mass is 273 g/mol. The number of nitrogens with zero attached hydrogens (tertiary/aromatic N) is 1. The van der Waals surface area contributed by atoms with E-state index in [1.165, 1.54) is 0 Å². The van der Waals surface area contributed by atoms with E-state index in [4.69, 9.17) is 0 Å². The molecule has 0 amide bonds. The molecular weight excluding hydrogens is 261 g/mol. The lowest BCUT2D eigenvalue weighted by atomic mass is 9.98. The summed E-state index contributed by atoms with van der Waals surface area (Å²) < 4.78 is 13.2. The van der Waals surface area contributed by atoms with Crippen LogP contribution in [0.25, 0.3) is 0 Å². The van der Waals surface area contributed by atoms with Crippen LogP contribution in [0.5, 0.6) is 0 Å². The van der Waals surface area contributed by atoms with Gasteiger partial charge in [-0.1, -0.05) is 24.3 Å². The average Bonchev–Trinajstić information content (AvgIpc) is 2.40. The molecule has 4 nitrogen and oxygen atoms in total. The molecule has 0 saturated carbocycles. The first-order chi connectivity index (χ1) is 9.49. The molecule has 0 aliphatic carbocycles. The molecule has 0 aliphatic heterocycles. The number of aryl methyl sites for hydroxylation is 1. The van der Waals surface area contributed by atoms with Gasteiger partial charge in [0.15, 0.2) is 5.78 Å². The largest absolute Gasteiger partial charge is 0.294 e. The predicted molar refractivity (Wildman–Crippen MR) is 72.3 cm³/mol. The first-order valence-electron chi connectivity index (χ1n) is 6.00. The van der Waals surface area contributed by atoms with E-state index in [0.717, 1.165) is 29.3 Å². The van der Waals surface area contributed by atoms with Crippen molar-refractivity contribution in [2.75, 3.05) is 0 Å². The van der Waals surface area contributed by atoms with Crippen LogP contribution in [0.4, 0.5) is 10.1 Å². The van der Waals surface area contributed by atoms with Gasteiger partial charge in [-0.3, -0.25) is 14.9 Å². The zero-order valence-corrected chi connectivity index (χ0v) is 10.8. The summed E-state index contributed by atoms with van der Waals surface area (Å²) >= 11 is 0. The highest BCUT2D eigenvalue weighted by atomic mass is 19.1. The molecule has 2 aromatic rings. The van der Waals surface area contributed by atoms with E-state index in [1.54, 1.807) is 12.1 Å². The number of Topliss-reactive ketones (excluding diaryl/α,β-unsaturated/α-hetero) is 1. The van der Waals surface area contributed by atoms with Gasteiger partial charge in [0, 0.05) is 12.5 Å². The normalized spacial score (nSPS) is 10.3. The average molecular weight is 273 g/mol. The Hall–Kier alpha value is -2.56. The van der Waals surface area contributed by atoms with Crippen molar-refractivity contribution in [1.82, 2.24) is 0 Å². The highest BCUT2D eigenvalue weighted by molar-refractivity contribution is 6.01. The van der Waals surface area contributed by atoms with Gasteiger partial charge in [0.1, 0.15) is 5.82 Å². The van der Waals surface area contributed by atoms with Gasteiger partial charge in [0.2, 0.25) is 0 Å². The van der Waals surface area contributed by atoms with Crippen LogP contribution in [0.15, 0.2) is 42.5 Å². The molecule has 0 heterocycles. The summed E-state index contributed by atoms with van der Waals surface area (Å²) in [6.45, 7) is 1.85. The van der Waals surface area contributed by atoms with Crippen LogP contribution < -0.4 is 0 Å². The number of hydrogen-bond donors (Lipinski definition) is 0. The summed E-state index contributed by atoms with van der Waals surface area (Å²) in [4.78, 5) is 22.4. The maximum atomic E-state index is 13.2. The van der Waals surface area contributed by atoms with E-state index < -0.39 is 16.5 Å². The summed E-state index contributed by atoms with van der Waals surface area (Å²) in [5.74, 6) is -1.13. The second-order valence-corrected chi connectivity index (χ2v) is 4.45. The molecular formula is C15H12FNO3. The highest BCUT2D eigenvalue weighted by Crippen LogP contribution is 2.22. The lowest BCUT2D eigenvalue weighted by Gasteiger charge is -2.05. The van der Waals surface area contributed by atoms with E-state index >= 15 is 0 Å². The van der Waals surface area contributed by atoms with Gasteiger partial charge < -0.3 is 0 Å². The van der Waals surface area contributed by atoms with Gasteiger partial charge in [-0.05, 0) is 30.2 Å². The Balaban J connectivity index is 2.37. The number of carbonyl (C=O) groups excluding carboxylic acids is 1. The maximum Gasteiger partial charge on any atom is 0.280 e. The van der Waals surface area contributed by atoms with Crippen molar-refractivity contribution in [3.8, 4) is 0 Å². The molecule has 0 aromatic heterocycles. The van der Waals surface area contributed by atoms with Crippen LogP contribution in [0.1, 0.15) is 21.5 Å². The van der Waals surface area contributed by atoms with Crippen molar-refractivity contribution in [3.63, 3.8) is 0 Å². The number of carbonyl (C=O) groups is 1. The summed E-state index contributed by atoms with van der Waals surface area (Å²) in [5.41, 5.74) is 1.12. The molecule has 20 heavy (non-hydrogen) atoms. The fraction of sp³-hybridized carbons (Fsp3) is 0.133. The van der Waals surface area contributed by atoms with Crippen molar-refractivity contribution in [2.45, 2.75) is 13.3 Å². The molecule has 0 aliphatic rings. The molecule has 2 aromatic carbocycles. The Morgan fingerprint density at radius 3 is 2.60 bits per heavy atom. The van der Waals surface area contributed by atoms with E-state index in [2.05, 4.69) is 0 Å². The molecule has 0 saturated heterocycles. The van der Waals surface area contributed by atoms with Crippen molar-refractivity contribution >= 4 is 11.5 Å². The number of ketones is 1. The molecule has 0 bridgehead atoms. The molecule has 2 rings (SSSR count). The Morgan fingerprint density at radius 2 is 1.95 bits per heavy atom. The first kappa shape index (κ1) is 13.9. The molecule has 0 fully saturated rings. The summed E-state index contributed by atoms with van der Waals surface area (Å²) in [5, 5.41) is 10.9. The van der Waals surface area contributed by atoms with Crippen molar-refractivity contribution in [1.29, 1.82) is 0 Å². The number of benzene rings is 2. The quantitative estimate of drug-likeness (QED) is 0.487. The van der Waals surface area contributed by atoms with Gasteiger partial charge in [-0.25, -0.2) is 4.39 Å². The van der Waals surface area contributed by atoms with E-state index in [-0.39, 0.29) is 17.7 Å². The van der Waals surface area contributed by atoms with Gasteiger partial charge in [-0.2, -0.15) is 0 Å². The molecule has 0 N–H and O–H groups in total. The second kappa shape index (κ2) is 5.61. The Bertz CT molecular complexity index is 683. The Labute approximate surface area is 115 Å². The minimum Gasteiger partial charge on any atom is -0.294 e. The van der Waals surface area contributed by atoms with Gasteiger partial charge >= 0.3 is 0 Å². The standard InChI is InChI=1S/C15H12FNO3/c1-10-4-2-3-5-11(10)8-15(18)13-9-12(16)6-7-14(13)17(19)20/h2-7,9H,8H2,1H3. The molecule has 0 radical (unpaired) electrons. The molecule has 0 unspecified atom stereocenters. The van der Waals surface area contributed by atoms with Crippen molar-refractivity contribution < 1.29 is 14.1 Å². The molecule has 5 heteroatoms. The van der Waals surface area contributed by atoms with Crippen LogP contribution in [0.2, 0.25) is 0 Å². The molecule has 0 atom stereocenters. The van der Waals surface area contributed by atoms with Crippen LogP contribution in [0, 0.1) is 22.9 Å². The molecule has 102 valence electrons. The minimum atomic E-state index is -0.676. The number of rotatable bonds is 4. The van der Waals surface area contributed by atoms with Crippen LogP contribution in [-0.4, -0.2) is 10.7 Å². The zero-order valence-electron chi connectivity index (χ0n) is 10.8. The maximum absolute atomic E-state index is 13.2. The van der Waals surface area contributed by atoms with E-state index in [1.807, 2.05) is 19.1 Å². The Morgan fingerprint density at radius 1 is 1.25 bits per heavy atom. The molecule has 0 spiro atoms. The van der Waals surface area contributed by atoms with Gasteiger partial charge in [-0.15, -0.1) is 0 Å². The topological polar surface area (TPSA) is 60.2 Å². The number of nitro benzene ring substituents is 1. The zero-order chi connectivity index (χ0) is 14.7. The summed E-state index contributed by atoms with van der Waals surface area (Å²) in [6.07, 6.45) is 0.0109. The van der Waals surface area contributed by atoms with Crippen molar-refractivity contribution in [2.24, 2.45) is 0 Å². The number of halogens is 1. The Kier molecular flexibility index (Phi) is 3.89. The smallest absolute Gasteiger partial charge is 0.280 e. The van der Waals surface area contributed by atoms with E-state index in [9.17, 15) is 19.3 Å². The van der Waals surface area contributed by atoms with Crippen LogP contribution in [0.3, 0.4) is 0 Å². The van der Waals surface area contributed by atoms with Crippen LogP contribution >= 0.6 is 0 Å². The fourth-order valence-corrected chi connectivity index (χ4v) is 1.97. The third-order valence-corrected chi connectivity index (χ3v) is 3.07. The highest BCUT2D eigenvalue weighted by Gasteiger charge is 2.21. The third kappa shape index (κ3) is 2.88. The van der Waals surface area contributed by atoms with Gasteiger partial charge in [0.05, 0.1) is 10.5 Å². The lowest BCUT2D eigenvalue weighted by molar-refractivity contribution is -0.385. The lowest BCUT2D eigenvalue weighted by Crippen LogP contribution is -2.08. The van der Waals surface area contributed by atoms with Gasteiger partial charge in [0.25, 0.3) is 5.69 Å². The fourth-order valence-electron chi connectivity index (χ4n) is 1.97. The van der Waals surface area contributed by atoms with Crippen molar-refractivity contribution in [3.05, 3.63) is 75.1 Å². The van der Waals surface area contributed by atoms with E-state index in [0.29, 0.717) is 0 Å². The van der Waals surface area contributed by atoms with Crippen LogP contribution in [-0.2, 0) is 6.42 Å². The SMILES string of the molecule is Cc1ccccc1CC(=O)c1cc(F)ccc1[N+](=O)[O-]. The summed E-state index contributed by atoms with van der Waals surface area (Å²) in [6, 6.07) is 10.2. The minimum absolute atomic E-state index is 0.0109. The number of hydrogen-bond acceptors (Lipinski definition) is 3. The second-order valence-electron chi connectivity index (χ2n) is 4.45. The first-order valence-corrected chi connectivity index (χ1v) is 6.00. The number of nitro groups is 1. The third-order valence-electron chi connectivity index (χ3n) is 3.07.